The molecule has 0 atom stereocenters. The summed E-state index contributed by atoms with van der Waals surface area (Å²) in [5, 5.41) is 2.86. The minimum Gasteiger partial charge on any atom is -0.347 e. The molecule has 0 unspecified atom stereocenters. The van der Waals surface area contributed by atoms with E-state index in [4.69, 9.17) is 0 Å². The largest absolute Gasteiger partial charge is 0.347 e. The first-order valence-corrected chi connectivity index (χ1v) is 9.28. The molecule has 0 bridgehead atoms. The number of halogens is 1. The second kappa shape index (κ2) is 9.27. The van der Waals surface area contributed by atoms with Crippen LogP contribution in [0, 0.1) is 5.92 Å². The highest BCUT2D eigenvalue weighted by Crippen LogP contribution is 2.19. The number of hydrogen-bond acceptors (Lipinski definition) is 4. The second-order valence-electron chi connectivity index (χ2n) is 6.44. The van der Waals surface area contributed by atoms with Gasteiger partial charge in [-0.15, -0.1) is 0 Å². The van der Waals surface area contributed by atoms with E-state index in [0.717, 1.165) is 25.4 Å². The molecule has 2 rings (SSSR count). The minimum atomic E-state index is 0.0542. The lowest BCUT2D eigenvalue weighted by Gasteiger charge is -2.38. The third-order valence-electron chi connectivity index (χ3n) is 4.73. The monoisotopic (exact) mass is 408 g/mol. The first-order chi connectivity index (χ1) is 10.1. The molecular formula is C15H29IN4O. The zero-order valence-electron chi connectivity index (χ0n) is 13.2. The minimum absolute atomic E-state index is 0.0542. The van der Waals surface area contributed by atoms with Gasteiger partial charge in [-0.25, -0.2) is 0 Å². The highest BCUT2D eigenvalue weighted by molar-refractivity contribution is 14.1. The van der Waals surface area contributed by atoms with Crippen LogP contribution in [-0.2, 0) is 0 Å². The summed E-state index contributed by atoms with van der Waals surface area (Å²) in [5.74, 6) is 0.888. The van der Waals surface area contributed by atoms with Gasteiger partial charge in [0.05, 0.1) is 0 Å². The normalized spacial score (nSPS) is 23.3. The molecule has 2 aliphatic rings. The molecule has 0 aliphatic carbocycles. The van der Waals surface area contributed by atoms with E-state index >= 15 is 0 Å². The van der Waals surface area contributed by atoms with E-state index in [2.05, 4.69) is 27.1 Å². The van der Waals surface area contributed by atoms with Gasteiger partial charge in [-0.3, -0.25) is 4.79 Å². The van der Waals surface area contributed by atoms with Crippen molar-refractivity contribution in [2.45, 2.75) is 19.3 Å². The number of carbonyl (C=O) groups excluding carboxylic acids is 1. The SMILES string of the molecule is CN1CCN(CC2CCN(CCCNC(=O)I)CC2)CC1. The van der Waals surface area contributed by atoms with Crippen molar-refractivity contribution in [3.63, 3.8) is 0 Å². The summed E-state index contributed by atoms with van der Waals surface area (Å²) in [4.78, 5) is 18.4. The Morgan fingerprint density at radius 2 is 1.76 bits per heavy atom. The van der Waals surface area contributed by atoms with Crippen molar-refractivity contribution in [2.24, 2.45) is 5.92 Å². The number of rotatable bonds is 6. The van der Waals surface area contributed by atoms with Crippen LogP contribution in [0.25, 0.3) is 0 Å². The average molecular weight is 408 g/mol. The first-order valence-electron chi connectivity index (χ1n) is 8.20. The first kappa shape index (κ1) is 17.4. The zero-order chi connectivity index (χ0) is 15.1. The van der Waals surface area contributed by atoms with E-state index in [0.29, 0.717) is 0 Å². The van der Waals surface area contributed by atoms with Gasteiger partial charge in [0.2, 0.25) is 0 Å². The number of hydrogen-bond donors (Lipinski definition) is 1. The fourth-order valence-corrected chi connectivity index (χ4v) is 3.55. The number of amides is 1. The molecule has 2 aliphatic heterocycles. The number of piperidine rings is 1. The highest BCUT2D eigenvalue weighted by Gasteiger charge is 2.22. The smallest absolute Gasteiger partial charge is 0.280 e. The molecule has 6 heteroatoms. The standard InChI is InChI=1S/C15H29IN4O/c1-18-9-11-20(12-10-18)13-14-3-7-19(8-4-14)6-2-5-17-15(16)21/h14H,2-13H2,1H3,(H,17,21). The number of nitrogens with zero attached hydrogens (tertiary/aromatic N) is 3. The van der Waals surface area contributed by atoms with Crippen LogP contribution < -0.4 is 5.32 Å². The highest BCUT2D eigenvalue weighted by atomic mass is 127. The molecule has 1 N–H and O–H groups in total. The van der Waals surface area contributed by atoms with E-state index in [-0.39, 0.29) is 3.91 Å². The van der Waals surface area contributed by atoms with Gasteiger partial charge >= 0.3 is 0 Å². The Kier molecular flexibility index (Phi) is 7.70. The Hall–Kier alpha value is 0.0800. The summed E-state index contributed by atoms with van der Waals surface area (Å²) in [5.41, 5.74) is 0. The number of carbonyl (C=O) groups is 1. The third kappa shape index (κ3) is 6.80. The molecule has 122 valence electrons. The molecule has 0 aromatic heterocycles. The average Bonchev–Trinajstić information content (AvgIpc) is 2.47. The van der Waals surface area contributed by atoms with Crippen molar-refractivity contribution >= 4 is 26.5 Å². The van der Waals surface area contributed by atoms with Gasteiger partial charge in [0, 0.05) is 61.9 Å². The molecule has 0 saturated carbocycles. The van der Waals surface area contributed by atoms with Crippen molar-refractivity contribution in [1.29, 1.82) is 0 Å². The van der Waals surface area contributed by atoms with Crippen molar-refractivity contribution < 1.29 is 4.79 Å². The molecule has 0 spiro atoms. The molecule has 1 amide bonds. The molecule has 0 aromatic carbocycles. The van der Waals surface area contributed by atoms with Crippen LogP contribution in [0.15, 0.2) is 0 Å². The van der Waals surface area contributed by atoms with Crippen molar-refractivity contribution in [3.05, 3.63) is 0 Å². The summed E-state index contributed by atoms with van der Waals surface area (Å²) in [6.07, 6.45) is 3.74. The number of likely N-dealkylation sites (N-methyl/N-ethyl adjacent to an activating group) is 1. The maximum atomic E-state index is 10.8. The Morgan fingerprint density at radius 1 is 1.10 bits per heavy atom. The van der Waals surface area contributed by atoms with E-state index in [1.54, 1.807) is 22.6 Å². The van der Waals surface area contributed by atoms with Crippen molar-refractivity contribution in [2.75, 3.05) is 66.0 Å². The second-order valence-corrected chi connectivity index (χ2v) is 7.42. The summed E-state index contributed by atoms with van der Waals surface area (Å²) in [6, 6.07) is 0. The van der Waals surface area contributed by atoms with Gasteiger partial charge < -0.3 is 20.0 Å². The summed E-state index contributed by atoms with van der Waals surface area (Å²) >= 11 is 1.80. The fourth-order valence-electron chi connectivity index (χ4n) is 3.28. The van der Waals surface area contributed by atoms with Crippen LogP contribution in [0.4, 0.5) is 4.79 Å². The van der Waals surface area contributed by atoms with Gasteiger partial charge in [-0.05, 0) is 51.9 Å². The van der Waals surface area contributed by atoms with E-state index in [1.807, 2.05) is 0 Å². The van der Waals surface area contributed by atoms with Crippen LogP contribution in [0.3, 0.4) is 0 Å². The van der Waals surface area contributed by atoms with Crippen LogP contribution in [-0.4, -0.2) is 84.6 Å². The van der Waals surface area contributed by atoms with Crippen LogP contribution in [0.5, 0.6) is 0 Å². The van der Waals surface area contributed by atoms with E-state index in [1.165, 1.54) is 58.7 Å². The molecule has 0 aromatic rings. The Balaban J connectivity index is 1.54. The quantitative estimate of drug-likeness (QED) is 0.313. The van der Waals surface area contributed by atoms with Crippen LogP contribution in [0.2, 0.25) is 0 Å². The molecule has 21 heavy (non-hydrogen) atoms. The number of likely N-dealkylation sites (tertiary alicyclic amines) is 1. The molecule has 0 radical (unpaired) electrons. The van der Waals surface area contributed by atoms with Crippen LogP contribution >= 0.6 is 22.6 Å². The van der Waals surface area contributed by atoms with Gasteiger partial charge in [0.15, 0.2) is 0 Å². The van der Waals surface area contributed by atoms with Crippen LogP contribution in [0.1, 0.15) is 19.3 Å². The maximum absolute atomic E-state index is 10.8. The maximum Gasteiger partial charge on any atom is 0.280 e. The Morgan fingerprint density at radius 3 is 2.38 bits per heavy atom. The Bertz CT molecular complexity index is 313. The lowest BCUT2D eigenvalue weighted by atomic mass is 9.96. The van der Waals surface area contributed by atoms with E-state index < -0.39 is 0 Å². The lowest BCUT2D eigenvalue weighted by Crippen LogP contribution is -2.47. The lowest BCUT2D eigenvalue weighted by molar-refractivity contribution is 0.106. The van der Waals surface area contributed by atoms with Gasteiger partial charge in [0.25, 0.3) is 3.91 Å². The number of nitrogens with one attached hydrogen (secondary N) is 1. The molecular weight excluding hydrogens is 379 g/mol. The molecule has 2 fully saturated rings. The van der Waals surface area contributed by atoms with Crippen molar-refractivity contribution in [1.82, 2.24) is 20.0 Å². The predicted molar refractivity (Wildman–Crippen MR) is 95.1 cm³/mol. The summed E-state index contributed by atoms with van der Waals surface area (Å²) in [7, 11) is 2.22. The van der Waals surface area contributed by atoms with Crippen molar-refractivity contribution in [3.8, 4) is 0 Å². The third-order valence-corrected chi connectivity index (χ3v) is 5.12. The van der Waals surface area contributed by atoms with Gasteiger partial charge in [0.1, 0.15) is 0 Å². The molecule has 5 nitrogen and oxygen atoms in total. The fraction of sp³-hybridized carbons (Fsp3) is 0.933. The van der Waals surface area contributed by atoms with Gasteiger partial charge in [-0.2, -0.15) is 0 Å². The number of piperazine rings is 1. The zero-order valence-corrected chi connectivity index (χ0v) is 15.3. The van der Waals surface area contributed by atoms with Gasteiger partial charge in [-0.1, -0.05) is 0 Å². The topological polar surface area (TPSA) is 38.8 Å². The Labute approximate surface area is 142 Å². The summed E-state index contributed by atoms with van der Waals surface area (Å²) in [6.45, 7) is 10.6. The van der Waals surface area contributed by atoms with E-state index in [9.17, 15) is 4.79 Å². The molecule has 2 heterocycles. The molecule has 2 saturated heterocycles. The predicted octanol–water partition coefficient (Wildman–Crippen LogP) is 1.48. The summed E-state index contributed by atoms with van der Waals surface area (Å²) < 4.78 is 0.0542.